The van der Waals surface area contributed by atoms with Crippen LogP contribution in [0.1, 0.15) is 47.8 Å². The van der Waals surface area contributed by atoms with E-state index in [1.807, 2.05) is 12.1 Å². The van der Waals surface area contributed by atoms with Gasteiger partial charge < -0.3 is 9.80 Å². The van der Waals surface area contributed by atoms with Gasteiger partial charge in [-0.3, -0.25) is 9.78 Å². The Hall–Kier alpha value is -2.50. The van der Waals surface area contributed by atoms with E-state index in [0.717, 1.165) is 23.8 Å². The fraction of sp³-hybridized carbons (Fsp3) is 0.444. The van der Waals surface area contributed by atoms with Crippen LogP contribution in [0.25, 0.3) is 0 Å². The highest BCUT2D eigenvalue weighted by Crippen LogP contribution is 2.26. The molecule has 0 radical (unpaired) electrons. The zero-order chi connectivity index (χ0) is 16.5. The van der Waals surface area contributed by atoms with Crippen molar-refractivity contribution >= 4 is 11.9 Å². The van der Waals surface area contributed by atoms with Crippen molar-refractivity contribution in [1.29, 1.82) is 0 Å². The maximum absolute atomic E-state index is 12.6. The summed E-state index contributed by atoms with van der Waals surface area (Å²) in [4.78, 5) is 29.9. The molecule has 4 rings (SSSR count). The van der Waals surface area contributed by atoms with E-state index in [0.29, 0.717) is 24.7 Å². The highest BCUT2D eigenvalue weighted by atomic mass is 16.2. The van der Waals surface area contributed by atoms with Gasteiger partial charge in [-0.25, -0.2) is 9.97 Å². The number of hydrogen-bond donors (Lipinski definition) is 0. The number of carbonyl (C=O) groups is 1. The first-order valence-corrected chi connectivity index (χ1v) is 8.53. The van der Waals surface area contributed by atoms with Gasteiger partial charge in [-0.1, -0.05) is 6.07 Å². The Kier molecular flexibility index (Phi) is 3.88. The van der Waals surface area contributed by atoms with Gasteiger partial charge >= 0.3 is 0 Å². The van der Waals surface area contributed by atoms with Gasteiger partial charge in [-0.15, -0.1) is 0 Å². The molecule has 0 aromatic carbocycles. The number of anilines is 1. The first-order chi connectivity index (χ1) is 11.7. The van der Waals surface area contributed by atoms with Gasteiger partial charge in [0.15, 0.2) is 0 Å². The number of aromatic nitrogens is 3. The van der Waals surface area contributed by atoms with E-state index >= 15 is 0 Å². The van der Waals surface area contributed by atoms with Crippen molar-refractivity contribution in [2.24, 2.45) is 0 Å². The molecule has 0 N–H and O–H groups in total. The zero-order valence-electron chi connectivity index (χ0n) is 13.9. The van der Waals surface area contributed by atoms with E-state index in [2.05, 4.69) is 21.8 Å². The minimum atomic E-state index is 0.00657. The molecule has 0 spiro atoms. The lowest BCUT2D eigenvalue weighted by molar-refractivity contribution is 0.0766. The summed E-state index contributed by atoms with van der Waals surface area (Å²) in [6.07, 6.45) is 8.85. The largest absolute Gasteiger partial charge is 0.338 e. The van der Waals surface area contributed by atoms with Crippen LogP contribution in [-0.2, 0) is 13.1 Å². The van der Waals surface area contributed by atoms with Crippen LogP contribution in [0.4, 0.5) is 5.95 Å². The summed E-state index contributed by atoms with van der Waals surface area (Å²) in [6, 6.07) is 4.33. The van der Waals surface area contributed by atoms with E-state index < -0.39 is 0 Å². The Balaban J connectivity index is 1.55. The summed E-state index contributed by atoms with van der Waals surface area (Å²) < 4.78 is 0. The minimum Gasteiger partial charge on any atom is -0.338 e. The molecule has 2 aromatic rings. The average molecular weight is 323 g/mol. The molecule has 0 bridgehead atoms. The highest BCUT2D eigenvalue weighted by Gasteiger charge is 2.31. The van der Waals surface area contributed by atoms with Gasteiger partial charge in [0.1, 0.15) is 0 Å². The molecule has 1 atom stereocenters. The predicted molar refractivity (Wildman–Crippen MR) is 90.5 cm³/mol. The number of nitrogens with zero attached hydrogens (tertiary/aromatic N) is 5. The molecular formula is C18H21N5O. The maximum Gasteiger partial charge on any atom is 0.258 e. The molecule has 6 heteroatoms. The number of piperidine rings is 1. The maximum atomic E-state index is 12.6. The lowest BCUT2D eigenvalue weighted by Gasteiger charge is -2.33. The Labute approximate surface area is 141 Å². The summed E-state index contributed by atoms with van der Waals surface area (Å²) in [5.41, 5.74) is 2.50. The van der Waals surface area contributed by atoms with Crippen molar-refractivity contribution in [3.8, 4) is 0 Å². The van der Waals surface area contributed by atoms with E-state index in [4.69, 9.17) is 4.98 Å². The third-order valence-electron chi connectivity index (χ3n) is 4.87. The molecule has 2 aromatic heterocycles. The molecule has 2 aliphatic rings. The third-order valence-corrected chi connectivity index (χ3v) is 4.87. The van der Waals surface area contributed by atoms with Crippen molar-refractivity contribution in [2.45, 2.75) is 45.3 Å². The Morgan fingerprint density at radius 3 is 3.00 bits per heavy atom. The second kappa shape index (κ2) is 6.19. The first kappa shape index (κ1) is 15.1. The van der Waals surface area contributed by atoms with Gasteiger partial charge in [0.2, 0.25) is 5.95 Å². The molecule has 4 heterocycles. The van der Waals surface area contributed by atoms with Gasteiger partial charge in [0, 0.05) is 37.7 Å². The van der Waals surface area contributed by atoms with Crippen molar-refractivity contribution in [3.05, 3.63) is 47.5 Å². The van der Waals surface area contributed by atoms with Crippen molar-refractivity contribution in [3.63, 3.8) is 0 Å². The van der Waals surface area contributed by atoms with Crippen LogP contribution >= 0.6 is 0 Å². The second-order valence-corrected chi connectivity index (χ2v) is 6.59. The smallest absolute Gasteiger partial charge is 0.258 e. The monoisotopic (exact) mass is 323 g/mol. The SMILES string of the molecule is C[C@H]1CCCCN1c1ncc2c(n1)CN(Cc1cccnc1)C2=O. The van der Waals surface area contributed by atoms with Crippen LogP contribution in [-0.4, -0.2) is 38.3 Å². The van der Waals surface area contributed by atoms with E-state index in [1.54, 1.807) is 23.5 Å². The zero-order valence-corrected chi connectivity index (χ0v) is 13.9. The number of fused-ring (bicyclic) bond motifs is 1. The third kappa shape index (κ3) is 2.72. The summed E-state index contributed by atoms with van der Waals surface area (Å²) in [5.74, 6) is 0.768. The molecule has 2 aliphatic heterocycles. The number of hydrogen-bond acceptors (Lipinski definition) is 5. The van der Waals surface area contributed by atoms with E-state index in [1.165, 1.54) is 19.3 Å². The van der Waals surface area contributed by atoms with Gasteiger partial charge in [-0.05, 0) is 37.8 Å². The lowest BCUT2D eigenvalue weighted by Crippen LogP contribution is -2.38. The standard InChI is InChI=1S/C18H21N5O/c1-13-5-2-3-8-23(13)18-20-10-15-16(21-18)12-22(17(15)24)11-14-6-4-7-19-9-14/h4,6-7,9-10,13H,2-3,5,8,11-12H2,1H3/t13-/m0/s1. The van der Waals surface area contributed by atoms with E-state index in [9.17, 15) is 4.79 Å². The molecule has 0 saturated carbocycles. The molecule has 1 fully saturated rings. The first-order valence-electron chi connectivity index (χ1n) is 8.53. The quantitative estimate of drug-likeness (QED) is 0.868. The minimum absolute atomic E-state index is 0.00657. The topological polar surface area (TPSA) is 62.2 Å². The summed E-state index contributed by atoms with van der Waals surface area (Å²) in [7, 11) is 0. The van der Waals surface area contributed by atoms with Gasteiger partial charge in [-0.2, -0.15) is 0 Å². The molecule has 0 aliphatic carbocycles. The Morgan fingerprint density at radius 2 is 2.21 bits per heavy atom. The predicted octanol–water partition coefficient (Wildman–Crippen LogP) is 2.41. The number of amides is 1. The number of pyridine rings is 1. The molecule has 124 valence electrons. The lowest BCUT2D eigenvalue weighted by atomic mass is 10.0. The summed E-state index contributed by atoms with van der Waals surface area (Å²) in [6.45, 7) is 4.31. The summed E-state index contributed by atoms with van der Waals surface area (Å²) in [5, 5.41) is 0. The Morgan fingerprint density at radius 1 is 1.29 bits per heavy atom. The van der Waals surface area contributed by atoms with E-state index in [-0.39, 0.29) is 5.91 Å². The molecule has 1 amide bonds. The summed E-state index contributed by atoms with van der Waals surface area (Å²) >= 11 is 0. The van der Waals surface area contributed by atoms with Crippen LogP contribution in [0.5, 0.6) is 0 Å². The molecule has 6 nitrogen and oxygen atoms in total. The van der Waals surface area contributed by atoms with Crippen molar-refractivity contribution in [1.82, 2.24) is 19.9 Å². The van der Waals surface area contributed by atoms with Crippen LogP contribution in [0.15, 0.2) is 30.7 Å². The average Bonchev–Trinajstić information content (AvgIpc) is 2.91. The van der Waals surface area contributed by atoms with Crippen LogP contribution in [0, 0.1) is 0 Å². The Bertz CT molecular complexity index is 748. The van der Waals surface area contributed by atoms with Crippen LogP contribution < -0.4 is 4.90 Å². The van der Waals surface area contributed by atoms with Crippen molar-refractivity contribution in [2.75, 3.05) is 11.4 Å². The molecule has 24 heavy (non-hydrogen) atoms. The van der Waals surface area contributed by atoms with Crippen molar-refractivity contribution < 1.29 is 4.79 Å². The number of rotatable bonds is 3. The number of carbonyl (C=O) groups excluding carboxylic acids is 1. The van der Waals surface area contributed by atoms with Crippen LogP contribution in [0.3, 0.4) is 0 Å². The van der Waals surface area contributed by atoms with Gasteiger partial charge in [0.25, 0.3) is 5.91 Å². The molecule has 1 saturated heterocycles. The second-order valence-electron chi connectivity index (χ2n) is 6.59. The molecular weight excluding hydrogens is 302 g/mol. The van der Waals surface area contributed by atoms with Crippen LogP contribution in [0.2, 0.25) is 0 Å². The normalized spacial score (nSPS) is 20.4. The highest BCUT2D eigenvalue weighted by molar-refractivity contribution is 5.97. The fourth-order valence-electron chi connectivity index (χ4n) is 3.50. The van der Waals surface area contributed by atoms with Gasteiger partial charge in [0.05, 0.1) is 17.8 Å². The molecule has 0 unspecified atom stereocenters. The fourth-order valence-corrected chi connectivity index (χ4v) is 3.50.